The molecule has 0 saturated carbocycles. The van der Waals surface area contributed by atoms with Crippen molar-refractivity contribution in [2.75, 3.05) is 32.8 Å². The molecular weight excluding hydrogens is 172 g/mol. The Morgan fingerprint density at radius 1 is 1.69 bits per heavy atom. The quantitative estimate of drug-likeness (QED) is 0.573. The SMILES string of the molecule is CCOC(=O)CN1CCNC(=O)C1. The number of carbonyl (C=O) groups excluding carboxylic acids is 2. The zero-order valence-electron chi connectivity index (χ0n) is 7.71. The van der Waals surface area contributed by atoms with Gasteiger partial charge in [-0.2, -0.15) is 0 Å². The molecule has 74 valence electrons. The molecule has 1 amide bonds. The average molecular weight is 186 g/mol. The standard InChI is InChI=1S/C8H14N2O3/c1-2-13-8(12)6-10-4-3-9-7(11)5-10/h2-6H2,1H3,(H,9,11). The second kappa shape index (κ2) is 4.81. The summed E-state index contributed by atoms with van der Waals surface area (Å²) in [6, 6.07) is 0. The smallest absolute Gasteiger partial charge is 0.320 e. The number of hydrogen-bond acceptors (Lipinski definition) is 4. The molecule has 5 nitrogen and oxygen atoms in total. The summed E-state index contributed by atoms with van der Waals surface area (Å²) in [5.74, 6) is -0.298. The number of carbonyl (C=O) groups is 2. The predicted octanol–water partition coefficient (Wildman–Crippen LogP) is -1.02. The first-order valence-corrected chi connectivity index (χ1v) is 4.37. The number of rotatable bonds is 3. The van der Waals surface area contributed by atoms with Gasteiger partial charge in [-0.1, -0.05) is 0 Å². The Morgan fingerprint density at radius 2 is 2.46 bits per heavy atom. The highest BCUT2D eigenvalue weighted by Gasteiger charge is 2.18. The molecule has 0 aromatic heterocycles. The fraction of sp³-hybridized carbons (Fsp3) is 0.750. The zero-order valence-corrected chi connectivity index (χ0v) is 7.71. The molecule has 1 aliphatic rings. The van der Waals surface area contributed by atoms with E-state index in [-0.39, 0.29) is 18.4 Å². The average Bonchev–Trinajstić information content (AvgIpc) is 2.04. The van der Waals surface area contributed by atoms with Gasteiger partial charge in [0.15, 0.2) is 0 Å². The summed E-state index contributed by atoms with van der Waals surface area (Å²) < 4.78 is 4.77. The van der Waals surface area contributed by atoms with Gasteiger partial charge < -0.3 is 10.1 Å². The molecule has 1 N–H and O–H groups in total. The molecule has 0 spiro atoms. The summed E-state index contributed by atoms with van der Waals surface area (Å²) in [5, 5.41) is 2.68. The minimum Gasteiger partial charge on any atom is -0.465 e. The summed E-state index contributed by atoms with van der Waals surface area (Å²) in [5.41, 5.74) is 0. The first-order valence-electron chi connectivity index (χ1n) is 4.37. The zero-order chi connectivity index (χ0) is 9.68. The van der Waals surface area contributed by atoms with Crippen LogP contribution in [0.4, 0.5) is 0 Å². The molecule has 13 heavy (non-hydrogen) atoms. The monoisotopic (exact) mass is 186 g/mol. The van der Waals surface area contributed by atoms with Crippen molar-refractivity contribution in [2.45, 2.75) is 6.92 Å². The second-order valence-electron chi connectivity index (χ2n) is 2.87. The molecule has 0 bridgehead atoms. The van der Waals surface area contributed by atoms with E-state index in [1.807, 2.05) is 0 Å². The highest BCUT2D eigenvalue weighted by molar-refractivity contribution is 5.80. The molecule has 5 heteroatoms. The van der Waals surface area contributed by atoms with Crippen molar-refractivity contribution in [1.29, 1.82) is 0 Å². The van der Waals surface area contributed by atoms with Crippen LogP contribution in [0.15, 0.2) is 0 Å². The highest BCUT2D eigenvalue weighted by atomic mass is 16.5. The topological polar surface area (TPSA) is 58.6 Å². The van der Waals surface area contributed by atoms with Crippen LogP contribution >= 0.6 is 0 Å². The van der Waals surface area contributed by atoms with Crippen LogP contribution in [0.25, 0.3) is 0 Å². The molecule has 0 aliphatic carbocycles. The Balaban J connectivity index is 2.27. The Bertz CT molecular complexity index is 206. The van der Waals surface area contributed by atoms with Crippen LogP contribution in [0.1, 0.15) is 6.92 Å². The lowest BCUT2D eigenvalue weighted by Gasteiger charge is -2.25. The molecule has 0 radical (unpaired) electrons. The molecule has 1 saturated heterocycles. The van der Waals surface area contributed by atoms with E-state index in [2.05, 4.69) is 5.32 Å². The van der Waals surface area contributed by atoms with E-state index in [9.17, 15) is 9.59 Å². The lowest BCUT2D eigenvalue weighted by atomic mass is 10.3. The summed E-state index contributed by atoms with van der Waals surface area (Å²) in [4.78, 5) is 23.7. The van der Waals surface area contributed by atoms with Gasteiger partial charge in [0, 0.05) is 13.1 Å². The van der Waals surface area contributed by atoms with Gasteiger partial charge in [0.2, 0.25) is 5.91 Å². The van der Waals surface area contributed by atoms with Gasteiger partial charge in [-0.3, -0.25) is 14.5 Å². The first-order chi connectivity index (χ1) is 6.22. The van der Waals surface area contributed by atoms with Gasteiger partial charge in [0.25, 0.3) is 0 Å². The minimum atomic E-state index is -0.266. The van der Waals surface area contributed by atoms with Crippen molar-refractivity contribution in [3.8, 4) is 0 Å². The third-order valence-corrected chi connectivity index (χ3v) is 1.78. The lowest BCUT2D eigenvalue weighted by molar-refractivity contribution is -0.145. The van der Waals surface area contributed by atoms with Crippen molar-refractivity contribution in [3.05, 3.63) is 0 Å². The van der Waals surface area contributed by atoms with Gasteiger partial charge in [-0.25, -0.2) is 0 Å². The van der Waals surface area contributed by atoms with Gasteiger partial charge in [0.1, 0.15) is 0 Å². The fourth-order valence-electron chi connectivity index (χ4n) is 1.22. The fourth-order valence-corrected chi connectivity index (χ4v) is 1.22. The van der Waals surface area contributed by atoms with Crippen LogP contribution in [-0.2, 0) is 14.3 Å². The Kier molecular flexibility index (Phi) is 3.70. The Morgan fingerprint density at radius 3 is 3.08 bits per heavy atom. The molecule has 0 aromatic rings. The van der Waals surface area contributed by atoms with Crippen molar-refractivity contribution in [1.82, 2.24) is 10.2 Å². The van der Waals surface area contributed by atoms with Crippen LogP contribution in [0.5, 0.6) is 0 Å². The molecule has 1 fully saturated rings. The number of ether oxygens (including phenoxy) is 1. The van der Waals surface area contributed by atoms with E-state index < -0.39 is 0 Å². The summed E-state index contributed by atoms with van der Waals surface area (Å²) in [6.45, 7) is 3.97. The van der Waals surface area contributed by atoms with E-state index in [4.69, 9.17) is 4.74 Å². The number of piperazine rings is 1. The highest BCUT2D eigenvalue weighted by Crippen LogP contribution is 1.93. The third-order valence-electron chi connectivity index (χ3n) is 1.78. The van der Waals surface area contributed by atoms with Crippen LogP contribution in [0.3, 0.4) is 0 Å². The largest absolute Gasteiger partial charge is 0.465 e. The maximum Gasteiger partial charge on any atom is 0.320 e. The Labute approximate surface area is 77.0 Å². The number of nitrogens with one attached hydrogen (secondary N) is 1. The molecular formula is C8H14N2O3. The number of esters is 1. The van der Waals surface area contributed by atoms with E-state index in [1.165, 1.54) is 0 Å². The molecule has 0 atom stereocenters. The molecule has 0 unspecified atom stereocenters. The van der Waals surface area contributed by atoms with E-state index in [0.717, 1.165) is 0 Å². The maximum atomic E-state index is 11.0. The van der Waals surface area contributed by atoms with E-state index in [0.29, 0.717) is 26.2 Å². The van der Waals surface area contributed by atoms with Gasteiger partial charge in [0.05, 0.1) is 19.7 Å². The summed E-state index contributed by atoms with van der Waals surface area (Å²) in [6.07, 6.45) is 0. The predicted molar refractivity (Wildman–Crippen MR) is 46.1 cm³/mol. The normalized spacial score (nSPS) is 18.1. The van der Waals surface area contributed by atoms with Crippen LogP contribution in [0.2, 0.25) is 0 Å². The maximum absolute atomic E-state index is 11.0. The van der Waals surface area contributed by atoms with Crippen LogP contribution in [0, 0.1) is 0 Å². The summed E-state index contributed by atoms with van der Waals surface area (Å²) in [7, 11) is 0. The Hall–Kier alpha value is -1.10. The second-order valence-corrected chi connectivity index (χ2v) is 2.87. The van der Waals surface area contributed by atoms with Gasteiger partial charge >= 0.3 is 5.97 Å². The number of nitrogens with zero attached hydrogens (tertiary/aromatic N) is 1. The third kappa shape index (κ3) is 3.42. The molecule has 1 rings (SSSR count). The van der Waals surface area contributed by atoms with Crippen molar-refractivity contribution in [3.63, 3.8) is 0 Å². The molecule has 1 heterocycles. The van der Waals surface area contributed by atoms with Crippen LogP contribution in [-0.4, -0.2) is 49.6 Å². The van der Waals surface area contributed by atoms with Crippen molar-refractivity contribution < 1.29 is 14.3 Å². The summed E-state index contributed by atoms with van der Waals surface area (Å²) >= 11 is 0. The van der Waals surface area contributed by atoms with Gasteiger partial charge in [-0.05, 0) is 6.92 Å². The van der Waals surface area contributed by atoms with Crippen LogP contribution < -0.4 is 5.32 Å². The van der Waals surface area contributed by atoms with E-state index in [1.54, 1.807) is 11.8 Å². The number of hydrogen-bond donors (Lipinski definition) is 1. The lowest BCUT2D eigenvalue weighted by Crippen LogP contribution is -2.49. The molecule has 1 aliphatic heterocycles. The first kappa shape index (κ1) is 9.98. The van der Waals surface area contributed by atoms with Crippen molar-refractivity contribution in [2.24, 2.45) is 0 Å². The minimum absolute atomic E-state index is 0.0319. The van der Waals surface area contributed by atoms with E-state index >= 15 is 0 Å². The number of amides is 1. The van der Waals surface area contributed by atoms with Gasteiger partial charge in [-0.15, -0.1) is 0 Å². The molecule has 0 aromatic carbocycles. The van der Waals surface area contributed by atoms with Crippen molar-refractivity contribution >= 4 is 11.9 Å².